The van der Waals surface area contributed by atoms with Crippen LogP contribution in [0.15, 0.2) is 60.6 Å². The molecule has 0 aliphatic carbocycles. The van der Waals surface area contributed by atoms with E-state index in [0.29, 0.717) is 17.4 Å². The highest BCUT2D eigenvalue weighted by molar-refractivity contribution is 6.29. The van der Waals surface area contributed by atoms with Crippen molar-refractivity contribution >= 4 is 11.6 Å². The molecule has 0 radical (unpaired) electrons. The topological polar surface area (TPSA) is 68.1 Å². The van der Waals surface area contributed by atoms with Crippen molar-refractivity contribution in [2.24, 2.45) is 0 Å². The number of aromatic nitrogens is 1. The van der Waals surface area contributed by atoms with Crippen LogP contribution in [0.5, 0.6) is 0 Å². The normalized spacial score (nSPS) is 12.7. The van der Waals surface area contributed by atoms with E-state index >= 15 is 0 Å². The van der Waals surface area contributed by atoms with Crippen LogP contribution >= 0.6 is 11.6 Å². The summed E-state index contributed by atoms with van der Waals surface area (Å²) in [5.41, 5.74) is 2.44. The summed E-state index contributed by atoms with van der Waals surface area (Å²) in [5.74, 6) is -0.182. The van der Waals surface area contributed by atoms with E-state index < -0.39 is 4.92 Å². The summed E-state index contributed by atoms with van der Waals surface area (Å²) >= 11 is 5.77. The molecule has 0 saturated heterocycles. The molecular formula is C16H16ClN3O2. The van der Waals surface area contributed by atoms with Gasteiger partial charge in [-0.2, -0.15) is 0 Å². The predicted octanol–water partition coefficient (Wildman–Crippen LogP) is 3.75. The zero-order valence-electron chi connectivity index (χ0n) is 12.1. The van der Waals surface area contributed by atoms with Gasteiger partial charge in [0.05, 0.1) is 10.6 Å². The third-order valence-electron chi connectivity index (χ3n) is 3.30. The van der Waals surface area contributed by atoms with Crippen LogP contribution in [0.2, 0.25) is 5.15 Å². The lowest BCUT2D eigenvalue weighted by atomic mass is 9.99. The van der Waals surface area contributed by atoms with Crippen LogP contribution in [0.1, 0.15) is 24.0 Å². The van der Waals surface area contributed by atoms with E-state index in [9.17, 15) is 10.1 Å². The Labute approximate surface area is 133 Å². The minimum Gasteiger partial charge on any atom is -0.379 e. The van der Waals surface area contributed by atoms with Crippen LogP contribution in [-0.2, 0) is 6.54 Å². The van der Waals surface area contributed by atoms with E-state index in [2.05, 4.69) is 10.3 Å². The lowest BCUT2D eigenvalue weighted by Crippen LogP contribution is -2.19. The number of nitrogens with zero attached hydrogens (tertiary/aromatic N) is 2. The largest absolute Gasteiger partial charge is 0.379 e. The maximum Gasteiger partial charge on any atom is 0.253 e. The molecule has 1 unspecified atom stereocenters. The second-order valence-electron chi connectivity index (χ2n) is 4.84. The van der Waals surface area contributed by atoms with Crippen molar-refractivity contribution in [2.45, 2.75) is 19.4 Å². The Morgan fingerprint density at radius 3 is 2.68 bits per heavy atom. The summed E-state index contributed by atoms with van der Waals surface area (Å²) in [6.07, 6.45) is 2.63. The van der Waals surface area contributed by atoms with E-state index in [1.165, 1.54) is 0 Å². The monoisotopic (exact) mass is 317 g/mol. The number of pyridine rings is 1. The summed E-state index contributed by atoms with van der Waals surface area (Å²) in [4.78, 5) is 14.4. The summed E-state index contributed by atoms with van der Waals surface area (Å²) in [7, 11) is 0. The Bertz CT molecular complexity index is 657. The van der Waals surface area contributed by atoms with Gasteiger partial charge in [-0.15, -0.1) is 0 Å². The molecule has 1 aromatic carbocycles. The van der Waals surface area contributed by atoms with Crippen molar-refractivity contribution in [3.63, 3.8) is 0 Å². The number of rotatable bonds is 6. The fourth-order valence-electron chi connectivity index (χ4n) is 2.05. The first-order chi connectivity index (χ1) is 10.6. The van der Waals surface area contributed by atoms with Gasteiger partial charge in [0.2, 0.25) is 0 Å². The molecule has 1 heterocycles. The van der Waals surface area contributed by atoms with Gasteiger partial charge in [0.1, 0.15) is 5.15 Å². The minimum atomic E-state index is -0.451. The van der Waals surface area contributed by atoms with Crippen LogP contribution in [-0.4, -0.2) is 9.91 Å². The second kappa shape index (κ2) is 7.56. The van der Waals surface area contributed by atoms with Crippen molar-refractivity contribution in [1.82, 2.24) is 10.3 Å². The third-order valence-corrected chi connectivity index (χ3v) is 3.52. The Balaban J connectivity index is 2.15. The van der Waals surface area contributed by atoms with Crippen LogP contribution < -0.4 is 5.32 Å². The van der Waals surface area contributed by atoms with E-state index in [-0.39, 0.29) is 5.92 Å². The predicted molar refractivity (Wildman–Crippen MR) is 86.0 cm³/mol. The molecule has 0 fully saturated rings. The summed E-state index contributed by atoms with van der Waals surface area (Å²) in [6, 6.07) is 13.2. The molecule has 0 aliphatic rings. The van der Waals surface area contributed by atoms with Gasteiger partial charge in [-0.05, 0) is 17.2 Å². The van der Waals surface area contributed by atoms with Crippen molar-refractivity contribution in [3.8, 4) is 0 Å². The van der Waals surface area contributed by atoms with E-state index in [1.54, 1.807) is 12.3 Å². The number of halogens is 1. The van der Waals surface area contributed by atoms with Crippen molar-refractivity contribution in [3.05, 3.63) is 87.0 Å². The van der Waals surface area contributed by atoms with E-state index in [0.717, 1.165) is 17.3 Å². The molecule has 1 aromatic heterocycles. The lowest BCUT2D eigenvalue weighted by Gasteiger charge is -2.16. The first kappa shape index (κ1) is 16.0. The molecule has 2 rings (SSSR count). The fourth-order valence-corrected chi connectivity index (χ4v) is 2.16. The van der Waals surface area contributed by atoms with Crippen LogP contribution in [0.25, 0.3) is 0 Å². The minimum absolute atomic E-state index is 0.182. The molecule has 22 heavy (non-hydrogen) atoms. The van der Waals surface area contributed by atoms with E-state index in [1.807, 2.05) is 43.3 Å². The maximum atomic E-state index is 10.9. The summed E-state index contributed by atoms with van der Waals surface area (Å²) < 4.78 is 0. The summed E-state index contributed by atoms with van der Waals surface area (Å²) in [5, 5.41) is 14.4. The Hall–Kier alpha value is -2.40. The average molecular weight is 318 g/mol. The van der Waals surface area contributed by atoms with Gasteiger partial charge in [0.15, 0.2) is 0 Å². The lowest BCUT2D eigenvalue weighted by molar-refractivity contribution is -0.404. The quantitative estimate of drug-likeness (QED) is 0.500. The van der Waals surface area contributed by atoms with E-state index in [4.69, 9.17) is 11.6 Å². The van der Waals surface area contributed by atoms with Gasteiger partial charge in [-0.3, -0.25) is 10.1 Å². The molecule has 0 bridgehead atoms. The smallest absolute Gasteiger partial charge is 0.253 e. The highest BCUT2D eigenvalue weighted by Crippen LogP contribution is 2.22. The molecule has 0 aliphatic heterocycles. The maximum absolute atomic E-state index is 10.9. The number of allylic oxidation sites excluding steroid dienone is 1. The molecular weight excluding hydrogens is 302 g/mol. The number of nitrogens with one attached hydrogen (secondary N) is 1. The van der Waals surface area contributed by atoms with Crippen LogP contribution in [0.4, 0.5) is 0 Å². The Morgan fingerprint density at radius 2 is 2.09 bits per heavy atom. The molecule has 0 spiro atoms. The standard InChI is InChI=1S/C16H16ClN3O2/c1-12(14-7-8-16(17)19-10-14)15(11-20(21)22)18-9-13-5-3-2-4-6-13/h2-8,10-12,18H,9H2,1H3/b15-11+. The summed E-state index contributed by atoms with van der Waals surface area (Å²) in [6.45, 7) is 2.41. The van der Waals surface area contributed by atoms with Gasteiger partial charge in [0, 0.05) is 18.7 Å². The van der Waals surface area contributed by atoms with Gasteiger partial charge in [-0.25, -0.2) is 4.98 Å². The van der Waals surface area contributed by atoms with Crippen molar-refractivity contribution in [2.75, 3.05) is 0 Å². The number of nitro groups is 1. The average Bonchev–Trinajstić information content (AvgIpc) is 2.52. The van der Waals surface area contributed by atoms with Gasteiger partial charge in [-0.1, -0.05) is 54.9 Å². The first-order valence-electron chi connectivity index (χ1n) is 6.80. The highest BCUT2D eigenvalue weighted by atomic mass is 35.5. The zero-order chi connectivity index (χ0) is 15.9. The first-order valence-corrected chi connectivity index (χ1v) is 7.18. The van der Waals surface area contributed by atoms with Crippen LogP contribution in [0, 0.1) is 10.1 Å². The highest BCUT2D eigenvalue weighted by Gasteiger charge is 2.15. The van der Waals surface area contributed by atoms with Gasteiger partial charge >= 0.3 is 0 Å². The molecule has 1 N–H and O–H groups in total. The van der Waals surface area contributed by atoms with Crippen molar-refractivity contribution < 1.29 is 4.92 Å². The van der Waals surface area contributed by atoms with Crippen LogP contribution in [0.3, 0.4) is 0 Å². The molecule has 1 atom stereocenters. The number of hydrogen-bond acceptors (Lipinski definition) is 4. The molecule has 0 amide bonds. The van der Waals surface area contributed by atoms with Crippen molar-refractivity contribution in [1.29, 1.82) is 0 Å². The van der Waals surface area contributed by atoms with Gasteiger partial charge < -0.3 is 5.32 Å². The Kier molecular flexibility index (Phi) is 5.49. The molecule has 5 nitrogen and oxygen atoms in total. The number of benzene rings is 1. The molecule has 2 aromatic rings. The Morgan fingerprint density at radius 1 is 1.36 bits per heavy atom. The number of hydrogen-bond donors (Lipinski definition) is 1. The molecule has 6 heteroatoms. The SMILES string of the molecule is CC(/C(=C\[N+](=O)[O-])NCc1ccccc1)c1ccc(Cl)nc1. The van der Waals surface area contributed by atoms with Gasteiger partial charge in [0.25, 0.3) is 6.20 Å². The zero-order valence-corrected chi connectivity index (χ0v) is 12.8. The third kappa shape index (κ3) is 4.56. The second-order valence-corrected chi connectivity index (χ2v) is 5.23. The fraction of sp³-hybridized carbons (Fsp3) is 0.188. The molecule has 114 valence electrons. The molecule has 0 saturated carbocycles.